The number of carbonyl (C=O) groups is 4. The number of amides is 3. The number of benzene rings is 1. The van der Waals surface area contributed by atoms with E-state index in [4.69, 9.17) is 24.7 Å². The third kappa shape index (κ3) is 8.98. The molecule has 1 heterocycles. The maximum absolute atomic E-state index is 13.1. The summed E-state index contributed by atoms with van der Waals surface area (Å²) in [6.07, 6.45) is 0.104. The zero-order valence-corrected chi connectivity index (χ0v) is 20.0. The van der Waals surface area contributed by atoms with Gasteiger partial charge in [-0.2, -0.15) is 0 Å². The van der Waals surface area contributed by atoms with Gasteiger partial charge in [-0.25, -0.2) is 9.59 Å². The topological polar surface area (TPSA) is 159 Å². The van der Waals surface area contributed by atoms with Crippen molar-refractivity contribution in [2.45, 2.75) is 25.9 Å². The normalized spacial score (nSPS) is 13.7. The van der Waals surface area contributed by atoms with E-state index in [1.807, 2.05) is 0 Å². The molecule has 0 unspecified atom stereocenters. The molecule has 0 aromatic heterocycles. The molecule has 3 amide bonds. The van der Waals surface area contributed by atoms with Crippen LogP contribution in [0.4, 0.5) is 4.79 Å². The molecule has 0 saturated carbocycles. The Hall–Kier alpha value is -3.51. The fourth-order valence-corrected chi connectivity index (χ4v) is 3.48. The fraction of sp³-hybridized carbons (Fsp3) is 0.522. The number of nitrogens with zero attached hydrogens (tertiary/aromatic N) is 2. The van der Waals surface area contributed by atoms with E-state index < -0.39 is 12.1 Å². The summed E-state index contributed by atoms with van der Waals surface area (Å²) in [5.41, 5.74) is 0.712. The average Bonchev–Trinajstić information content (AvgIpc) is 2.85. The molecule has 1 aliphatic rings. The first-order valence-electron chi connectivity index (χ1n) is 11.3. The summed E-state index contributed by atoms with van der Waals surface area (Å²) in [6, 6.07) is 6.10. The third-order valence-corrected chi connectivity index (χ3v) is 5.34. The average molecular weight is 493 g/mol. The summed E-state index contributed by atoms with van der Waals surface area (Å²) in [5.74, 6) is -1.78. The minimum absolute atomic E-state index is 0.134. The van der Waals surface area contributed by atoms with Gasteiger partial charge in [0.1, 0.15) is 19.0 Å². The molecule has 0 atom stereocenters. The standard InChI is InChI=1S/C23H32N4O8/c1-3-34-23(32)25-21(24)16-4-6-17(7-5-16)22(31)27(12-13-33-2)14-19(28)26-10-8-18(9-11-26)35-15-20(29)30/h4-7,18H,3,8-15H2,1-2H3,(H,29,30)(H2,24,25,32). The lowest BCUT2D eigenvalue weighted by Crippen LogP contribution is -2.47. The number of aliphatic carboxylic acids is 1. The molecule has 1 aromatic rings. The van der Waals surface area contributed by atoms with Crippen LogP contribution in [0.5, 0.6) is 0 Å². The van der Waals surface area contributed by atoms with Gasteiger partial charge in [0, 0.05) is 37.9 Å². The number of piperidine rings is 1. The first-order valence-corrected chi connectivity index (χ1v) is 11.3. The molecule has 192 valence electrons. The van der Waals surface area contributed by atoms with E-state index in [0.29, 0.717) is 37.1 Å². The summed E-state index contributed by atoms with van der Waals surface area (Å²) in [7, 11) is 1.50. The molecule has 3 N–H and O–H groups in total. The summed E-state index contributed by atoms with van der Waals surface area (Å²) >= 11 is 0. The van der Waals surface area contributed by atoms with Crippen LogP contribution >= 0.6 is 0 Å². The Morgan fingerprint density at radius 1 is 1.14 bits per heavy atom. The Morgan fingerprint density at radius 2 is 1.77 bits per heavy atom. The minimum atomic E-state index is -1.03. The summed E-state index contributed by atoms with van der Waals surface area (Å²) in [5, 5.41) is 19.0. The number of nitrogens with one attached hydrogen (secondary N) is 2. The zero-order chi connectivity index (χ0) is 25.8. The van der Waals surface area contributed by atoms with Crippen LogP contribution in [-0.4, -0.2) is 104 Å². The molecule has 0 spiro atoms. The van der Waals surface area contributed by atoms with Crippen molar-refractivity contribution in [2.24, 2.45) is 0 Å². The molecule has 1 aromatic carbocycles. The maximum Gasteiger partial charge on any atom is 0.412 e. The monoisotopic (exact) mass is 492 g/mol. The van der Waals surface area contributed by atoms with Gasteiger partial charge in [0.25, 0.3) is 5.91 Å². The van der Waals surface area contributed by atoms with Crippen LogP contribution in [0, 0.1) is 5.41 Å². The second kappa shape index (κ2) is 14.0. The predicted octanol–water partition coefficient (Wildman–Crippen LogP) is 0.939. The Morgan fingerprint density at radius 3 is 2.34 bits per heavy atom. The number of carboxylic acid groups (broad SMARTS) is 1. The maximum atomic E-state index is 13.1. The van der Waals surface area contributed by atoms with Crippen LogP contribution in [0.15, 0.2) is 24.3 Å². The number of likely N-dealkylation sites (tertiary alicyclic amines) is 1. The van der Waals surface area contributed by atoms with E-state index in [-0.39, 0.29) is 56.7 Å². The molecule has 0 bridgehead atoms. The molecule has 0 radical (unpaired) electrons. The molecular formula is C23H32N4O8. The quantitative estimate of drug-likeness (QED) is 0.304. The largest absolute Gasteiger partial charge is 0.480 e. The smallest absolute Gasteiger partial charge is 0.412 e. The van der Waals surface area contributed by atoms with Gasteiger partial charge in [-0.15, -0.1) is 0 Å². The molecule has 35 heavy (non-hydrogen) atoms. The molecule has 1 saturated heterocycles. The molecular weight excluding hydrogens is 460 g/mol. The number of amidine groups is 1. The number of carbonyl (C=O) groups excluding carboxylic acids is 3. The van der Waals surface area contributed by atoms with E-state index in [0.717, 1.165) is 0 Å². The van der Waals surface area contributed by atoms with E-state index in [2.05, 4.69) is 5.32 Å². The van der Waals surface area contributed by atoms with Gasteiger partial charge in [0.2, 0.25) is 5.91 Å². The van der Waals surface area contributed by atoms with Crippen molar-refractivity contribution >= 4 is 29.7 Å². The first kappa shape index (κ1) is 27.7. The van der Waals surface area contributed by atoms with Crippen molar-refractivity contribution in [2.75, 3.05) is 53.1 Å². The highest BCUT2D eigenvalue weighted by atomic mass is 16.5. The van der Waals surface area contributed by atoms with Gasteiger partial charge >= 0.3 is 12.1 Å². The third-order valence-electron chi connectivity index (χ3n) is 5.34. The number of rotatable bonds is 11. The van der Waals surface area contributed by atoms with Crippen LogP contribution in [0.2, 0.25) is 0 Å². The van der Waals surface area contributed by atoms with Gasteiger partial charge in [-0.1, -0.05) is 12.1 Å². The number of ether oxygens (including phenoxy) is 3. The lowest BCUT2D eigenvalue weighted by Gasteiger charge is -2.33. The van der Waals surface area contributed by atoms with Crippen LogP contribution in [0.3, 0.4) is 0 Å². The highest BCUT2D eigenvalue weighted by Gasteiger charge is 2.27. The Balaban J connectivity index is 1.97. The SMILES string of the molecule is CCOC(=O)NC(=N)c1ccc(C(=O)N(CCOC)CC(=O)N2CCC(OCC(=O)O)CC2)cc1. The summed E-state index contributed by atoms with van der Waals surface area (Å²) in [4.78, 5) is 51.1. The van der Waals surface area contributed by atoms with E-state index >= 15 is 0 Å². The van der Waals surface area contributed by atoms with Crippen molar-refractivity contribution in [1.82, 2.24) is 15.1 Å². The minimum Gasteiger partial charge on any atom is -0.480 e. The second-order valence-corrected chi connectivity index (χ2v) is 7.80. The molecule has 0 aliphatic carbocycles. The lowest BCUT2D eigenvalue weighted by atomic mass is 10.1. The fourth-order valence-electron chi connectivity index (χ4n) is 3.48. The highest BCUT2D eigenvalue weighted by molar-refractivity contribution is 6.05. The van der Waals surface area contributed by atoms with Crippen LogP contribution in [-0.2, 0) is 23.8 Å². The van der Waals surface area contributed by atoms with Gasteiger partial charge in [-0.05, 0) is 31.9 Å². The molecule has 12 heteroatoms. The van der Waals surface area contributed by atoms with Crippen LogP contribution in [0.25, 0.3) is 0 Å². The number of hydrogen-bond acceptors (Lipinski definition) is 8. The molecule has 1 aliphatic heterocycles. The Labute approximate surface area is 203 Å². The van der Waals surface area contributed by atoms with Crippen molar-refractivity contribution in [3.05, 3.63) is 35.4 Å². The molecule has 2 rings (SSSR count). The van der Waals surface area contributed by atoms with Gasteiger partial charge in [0.05, 0.1) is 19.3 Å². The second-order valence-electron chi connectivity index (χ2n) is 7.80. The number of hydrogen-bond donors (Lipinski definition) is 3. The Bertz CT molecular complexity index is 897. The first-order chi connectivity index (χ1) is 16.7. The van der Waals surface area contributed by atoms with Crippen molar-refractivity contribution < 1.29 is 38.5 Å². The molecule has 12 nitrogen and oxygen atoms in total. The van der Waals surface area contributed by atoms with Gasteiger partial charge in [-0.3, -0.25) is 20.3 Å². The van der Waals surface area contributed by atoms with E-state index in [1.165, 1.54) is 36.3 Å². The predicted molar refractivity (Wildman–Crippen MR) is 124 cm³/mol. The van der Waals surface area contributed by atoms with Crippen LogP contribution in [0.1, 0.15) is 35.7 Å². The van der Waals surface area contributed by atoms with E-state index in [9.17, 15) is 19.2 Å². The van der Waals surface area contributed by atoms with Crippen LogP contribution < -0.4 is 5.32 Å². The van der Waals surface area contributed by atoms with Gasteiger partial charge < -0.3 is 29.1 Å². The van der Waals surface area contributed by atoms with Gasteiger partial charge in [0.15, 0.2) is 0 Å². The van der Waals surface area contributed by atoms with Crippen molar-refractivity contribution in [3.63, 3.8) is 0 Å². The highest BCUT2D eigenvalue weighted by Crippen LogP contribution is 2.15. The zero-order valence-electron chi connectivity index (χ0n) is 20.0. The summed E-state index contributed by atoms with van der Waals surface area (Å²) in [6.45, 7) is 2.62. The number of methoxy groups -OCH3 is 1. The van der Waals surface area contributed by atoms with E-state index in [1.54, 1.807) is 11.8 Å². The van der Waals surface area contributed by atoms with Crippen molar-refractivity contribution in [3.8, 4) is 0 Å². The number of alkyl carbamates (subject to hydrolysis) is 1. The molecule has 1 fully saturated rings. The van der Waals surface area contributed by atoms with Crippen molar-refractivity contribution in [1.29, 1.82) is 5.41 Å². The summed E-state index contributed by atoms with van der Waals surface area (Å²) < 4.78 is 15.1. The Kier molecular flexibility index (Phi) is 11.1. The lowest BCUT2D eigenvalue weighted by molar-refractivity contribution is -0.147. The number of carboxylic acids is 1.